The van der Waals surface area contributed by atoms with Crippen LogP contribution in [0, 0.1) is 5.92 Å². The molecule has 5 heteroatoms. The third-order valence-electron chi connectivity index (χ3n) is 1.53. The van der Waals surface area contributed by atoms with Crippen LogP contribution < -0.4 is 34.9 Å². The minimum atomic E-state index is -1.85. The van der Waals surface area contributed by atoms with Gasteiger partial charge in [-0.2, -0.15) is 0 Å². The monoisotopic (exact) mass is 171 g/mol. The molecule has 1 heterocycles. The summed E-state index contributed by atoms with van der Waals surface area (Å²) in [6, 6.07) is 0. The molecule has 2 unspecified atom stereocenters. The molecule has 1 N–H and O–H groups in total. The number of hydrogen-bond acceptors (Lipinski definition) is 3. The van der Waals surface area contributed by atoms with E-state index in [9.17, 15) is 8.76 Å². The molecule has 0 spiro atoms. The Balaban J connectivity index is 0.000000810. The molecule has 1 aliphatic rings. The predicted octanol–water partition coefficient (Wildman–Crippen LogP) is -3.52. The van der Waals surface area contributed by atoms with Crippen LogP contribution >= 0.6 is 0 Å². The van der Waals surface area contributed by atoms with Crippen molar-refractivity contribution < 1.29 is 38.3 Å². The van der Waals surface area contributed by atoms with Gasteiger partial charge in [-0.05, 0) is 25.4 Å². The Morgan fingerprint density at radius 2 is 2.40 bits per heavy atom. The molecular formula is C5H10NNaO2S. The van der Waals surface area contributed by atoms with Crippen molar-refractivity contribution in [3.8, 4) is 0 Å². The third kappa shape index (κ3) is 4.05. The number of rotatable bonds is 2. The smallest absolute Gasteiger partial charge is 0.772 e. The van der Waals surface area contributed by atoms with Gasteiger partial charge in [-0.1, -0.05) is 11.1 Å². The average Bonchev–Trinajstić information content (AvgIpc) is 2.15. The maximum atomic E-state index is 10.1. The van der Waals surface area contributed by atoms with Crippen molar-refractivity contribution in [3.05, 3.63) is 0 Å². The van der Waals surface area contributed by atoms with E-state index in [1.54, 1.807) is 0 Å². The molecule has 1 fully saturated rings. The van der Waals surface area contributed by atoms with Crippen LogP contribution in [0.5, 0.6) is 0 Å². The quantitative estimate of drug-likeness (QED) is 0.346. The molecular weight excluding hydrogens is 161 g/mol. The molecule has 0 aliphatic carbocycles. The molecule has 0 aromatic heterocycles. The Labute approximate surface area is 85.5 Å². The van der Waals surface area contributed by atoms with E-state index in [-0.39, 0.29) is 29.6 Å². The molecule has 54 valence electrons. The van der Waals surface area contributed by atoms with Gasteiger partial charge in [0.05, 0.1) is 0 Å². The fourth-order valence-corrected chi connectivity index (χ4v) is 1.72. The first kappa shape index (κ1) is 11.1. The van der Waals surface area contributed by atoms with Crippen LogP contribution in [0.1, 0.15) is 6.42 Å². The standard InChI is InChI=1S/C5H11NO2S.Na/c7-9(8)4-5-1-2-6-3-5;/h5-6H,1-4H2,(H,7,8);/q;+1/p-1. The maximum absolute atomic E-state index is 10.1. The SMILES string of the molecule is O=S([O-])CC1CCNC1.[Na+]. The van der Waals surface area contributed by atoms with Crippen LogP contribution in [0.15, 0.2) is 0 Å². The largest absolute Gasteiger partial charge is 1.00 e. The van der Waals surface area contributed by atoms with Crippen molar-refractivity contribution in [3.63, 3.8) is 0 Å². The Bertz CT molecular complexity index is 116. The molecule has 3 nitrogen and oxygen atoms in total. The molecule has 1 aliphatic heterocycles. The maximum Gasteiger partial charge on any atom is 1.00 e. The fourth-order valence-electron chi connectivity index (χ4n) is 1.05. The molecule has 1 rings (SSSR count). The zero-order chi connectivity index (χ0) is 6.69. The molecule has 0 bridgehead atoms. The first-order chi connectivity index (χ1) is 4.29. The summed E-state index contributed by atoms with van der Waals surface area (Å²) in [7, 11) is 0. The molecule has 1 saturated heterocycles. The summed E-state index contributed by atoms with van der Waals surface area (Å²) >= 11 is -1.85. The summed E-state index contributed by atoms with van der Waals surface area (Å²) in [4.78, 5) is 0. The van der Waals surface area contributed by atoms with Gasteiger partial charge >= 0.3 is 29.6 Å². The second-order valence-electron chi connectivity index (χ2n) is 2.33. The van der Waals surface area contributed by atoms with Crippen molar-refractivity contribution in [2.75, 3.05) is 18.8 Å². The summed E-state index contributed by atoms with van der Waals surface area (Å²) in [5, 5.41) is 3.10. The normalized spacial score (nSPS) is 27.5. The molecule has 0 aromatic rings. The topological polar surface area (TPSA) is 52.2 Å². The van der Waals surface area contributed by atoms with E-state index in [4.69, 9.17) is 0 Å². The van der Waals surface area contributed by atoms with Gasteiger partial charge in [-0.25, -0.2) is 0 Å². The molecule has 0 aromatic carbocycles. The minimum Gasteiger partial charge on any atom is -0.772 e. The zero-order valence-electron chi connectivity index (χ0n) is 6.13. The van der Waals surface area contributed by atoms with Crippen molar-refractivity contribution in [1.82, 2.24) is 5.32 Å². The fraction of sp³-hybridized carbons (Fsp3) is 1.00. The minimum absolute atomic E-state index is 0. The van der Waals surface area contributed by atoms with E-state index < -0.39 is 11.1 Å². The van der Waals surface area contributed by atoms with Gasteiger partial charge < -0.3 is 9.87 Å². The van der Waals surface area contributed by atoms with E-state index in [0.29, 0.717) is 11.7 Å². The summed E-state index contributed by atoms with van der Waals surface area (Å²) in [6.45, 7) is 1.84. The Morgan fingerprint density at radius 1 is 1.70 bits per heavy atom. The Kier molecular flexibility index (Phi) is 6.29. The van der Waals surface area contributed by atoms with Gasteiger partial charge in [0.2, 0.25) is 0 Å². The van der Waals surface area contributed by atoms with Crippen LogP contribution in [0.2, 0.25) is 0 Å². The molecule has 0 saturated carbocycles. The van der Waals surface area contributed by atoms with Gasteiger partial charge in [-0.15, -0.1) is 0 Å². The van der Waals surface area contributed by atoms with Crippen LogP contribution in [0.3, 0.4) is 0 Å². The summed E-state index contributed by atoms with van der Waals surface area (Å²) in [5.41, 5.74) is 0. The van der Waals surface area contributed by atoms with Crippen molar-refractivity contribution in [1.29, 1.82) is 0 Å². The van der Waals surface area contributed by atoms with Gasteiger partial charge in [-0.3, -0.25) is 4.21 Å². The number of nitrogens with one attached hydrogen (secondary N) is 1. The predicted molar refractivity (Wildman–Crippen MR) is 34.8 cm³/mol. The molecule has 0 amide bonds. The van der Waals surface area contributed by atoms with Gasteiger partial charge in [0.25, 0.3) is 0 Å². The summed E-state index contributed by atoms with van der Waals surface area (Å²) < 4.78 is 20.3. The van der Waals surface area contributed by atoms with E-state index >= 15 is 0 Å². The first-order valence-corrected chi connectivity index (χ1v) is 4.30. The van der Waals surface area contributed by atoms with E-state index in [1.165, 1.54) is 0 Å². The van der Waals surface area contributed by atoms with Crippen LogP contribution in [-0.2, 0) is 11.1 Å². The van der Waals surface area contributed by atoms with Crippen LogP contribution in [0.4, 0.5) is 0 Å². The summed E-state index contributed by atoms with van der Waals surface area (Å²) in [5.74, 6) is 0.691. The summed E-state index contributed by atoms with van der Waals surface area (Å²) in [6.07, 6.45) is 1.01. The molecule has 10 heavy (non-hydrogen) atoms. The molecule has 2 atom stereocenters. The van der Waals surface area contributed by atoms with Crippen LogP contribution in [-0.4, -0.2) is 27.6 Å². The zero-order valence-corrected chi connectivity index (χ0v) is 8.95. The average molecular weight is 171 g/mol. The first-order valence-electron chi connectivity index (χ1n) is 3.05. The van der Waals surface area contributed by atoms with Crippen molar-refractivity contribution in [2.45, 2.75) is 6.42 Å². The van der Waals surface area contributed by atoms with Gasteiger partial charge in [0, 0.05) is 5.75 Å². The second-order valence-corrected chi connectivity index (χ2v) is 3.27. The van der Waals surface area contributed by atoms with Crippen molar-refractivity contribution in [2.24, 2.45) is 5.92 Å². The van der Waals surface area contributed by atoms with E-state index in [2.05, 4.69) is 5.32 Å². The van der Waals surface area contributed by atoms with Crippen molar-refractivity contribution >= 4 is 11.1 Å². The Hall–Kier alpha value is 1.07. The molecule has 0 radical (unpaired) electrons. The Morgan fingerprint density at radius 3 is 2.80 bits per heavy atom. The van der Waals surface area contributed by atoms with E-state index in [1.807, 2.05) is 0 Å². The van der Waals surface area contributed by atoms with E-state index in [0.717, 1.165) is 19.5 Å². The van der Waals surface area contributed by atoms with Crippen LogP contribution in [0.25, 0.3) is 0 Å². The second kappa shape index (κ2) is 5.69. The number of hydrogen-bond donors (Lipinski definition) is 1. The third-order valence-corrected chi connectivity index (χ3v) is 2.28. The van der Waals surface area contributed by atoms with Gasteiger partial charge in [0.1, 0.15) is 0 Å². The van der Waals surface area contributed by atoms with Gasteiger partial charge in [0.15, 0.2) is 0 Å².